The highest BCUT2D eigenvalue weighted by Crippen LogP contribution is 2.40. The number of methoxy groups -OCH3 is 1. The lowest BCUT2D eigenvalue weighted by Crippen LogP contribution is -2.44. The van der Waals surface area contributed by atoms with Crippen LogP contribution in [0.4, 0.5) is 14.7 Å². The van der Waals surface area contributed by atoms with Crippen molar-refractivity contribution in [1.82, 2.24) is 24.5 Å². The number of aromatic nitrogens is 5. The van der Waals surface area contributed by atoms with Gasteiger partial charge in [0.05, 0.1) is 19.0 Å². The summed E-state index contributed by atoms with van der Waals surface area (Å²) in [6.45, 7) is 4.07. The first-order valence-electron chi connectivity index (χ1n) is 15.9. The fourth-order valence-corrected chi connectivity index (χ4v) is 6.51. The van der Waals surface area contributed by atoms with Gasteiger partial charge in [0.15, 0.2) is 29.2 Å². The van der Waals surface area contributed by atoms with Gasteiger partial charge < -0.3 is 39.8 Å². The highest BCUT2D eigenvalue weighted by atomic mass is 31.1. The predicted molar refractivity (Wildman–Crippen MR) is 179 cm³/mol. The molecule has 0 aliphatic carbocycles. The lowest BCUT2D eigenvalue weighted by Gasteiger charge is -2.27. The summed E-state index contributed by atoms with van der Waals surface area (Å²) in [7, 11) is -1.38. The number of hydrogen-bond acceptors (Lipinski definition) is 15. The molecule has 19 heteroatoms. The third-order valence-corrected chi connectivity index (χ3v) is 9.11. The Bertz CT molecular complexity index is 2150. The number of hydrogen-bond donors (Lipinski definition) is 3. The van der Waals surface area contributed by atoms with Crippen LogP contribution in [0.3, 0.4) is 0 Å². The molecular weight excluding hydrogens is 707 g/mol. The van der Waals surface area contributed by atoms with E-state index in [9.17, 15) is 28.7 Å². The van der Waals surface area contributed by atoms with Crippen molar-refractivity contribution < 1.29 is 52.2 Å². The lowest BCUT2D eigenvalue weighted by atomic mass is 9.96. The molecule has 1 aliphatic rings. The van der Waals surface area contributed by atoms with Crippen molar-refractivity contribution in [2.45, 2.75) is 57.5 Å². The van der Waals surface area contributed by atoms with E-state index in [-0.39, 0.29) is 46.8 Å². The van der Waals surface area contributed by atoms with Crippen LogP contribution in [0.2, 0.25) is 0 Å². The van der Waals surface area contributed by atoms with E-state index in [1.54, 1.807) is 38.1 Å². The van der Waals surface area contributed by atoms with E-state index >= 15 is 0 Å². The topological polar surface area (TPSA) is 222 Å². The molecular formula is C33H34F2N7O9P. The molecule has 5 aromatic rings. The van der Waals surface area contributed by atoms with Gasteiger partial charge in [-0.25, -0.2) is 23.5 Å². The summed E-state index contributed by atoms with van der Waals surface area (Å²) >= 11 is 0. The monoisotopic (exact) mass is 741 g/mol. The average molecular weight is 742 g/mol. The predicted octanol–water partition coefficient (Wildman–Crippen LogP) is 3.33. The number of anilines is 1. The summed E-state index contributed by atoms with van der Waals surface area (Å²) in [5.74, 6) is -2.57. The molecule has 2 aromatic carbocycles. The van der Waals surface area contributed by atoms with Crippen LogP contribution in [0.15, 0.2) is 59.6 Å². The Morgan fingerprint density at radius 1 is 1.19 bits per heavy atom. The normalized spacial score (nSPS) is 21.1. The molecule has 0 bridgehead atoms. The molecule has 6 rings (SSSR count). The van der Waals surface area contributed by atoms with Gasteiger partial charge in [-0.15, -0.1) is 0 Å². The molecule has 3 aromatic heterocycles. The molecule has 1 aliphatic heterocycles. The molecule has 274 valence electrons. The summed E-state index contributed by atoms with van der Waals surface area (Å²) < 4.78 is 60.6. The number of ether oxygens (including phenoxy) is 4. The van der Waals surface area contributed by atoms with E-state index in [1.807, 2.05) is 0 Å². The Hall–Kier alpha value is -5.13. The number of nitrogens with zero attached hydrogens (tertiary/aromatic N) is 6. The van der Waals surface area contributed by atoms with E-state index in [1.165, 1.54) is 31.0 Å². The number of halogens is 2. The van der Waals surface area contributed by atoms with Gasteiger partial charge in [-0.2, -0.15) is 9.97 Å². The molecule has 0 radical (unpaired) electrons. The van der Waals surface area contributed by atoms with Gasteiger partial charge in [-0.3, -0.25) is 9.09 Å². The zero-order valence-corrected chi connectivity index (χ0v) is 29.1. The third kappa shape index (κ3) is 7.42. The fraction of sp³-hybridized carbons (Fsp3) is 0.364. The standard InChI is InChI=1S/C33H34F2N7O9P/c1-16(2)25(30(44)49-13-17-8-9-18(34)12-20(17)35)41-52(46)51-22-7-5-6-21-19(22)10-11-24(38-21)48-14-23-27(43)33(3,45)31(50-23)42-15-37-26-28(42)39-32(36)40-29(26)47-4/h5-12,15-16,23,25,27,31,43,45H,13-14H2,1-4H3,(H2,36,39,40)/t23-,25+,27-,31?,33-/m1/s1. The zero-order chi connectivity index (χ0) is 37.3. The summed E-state index contributed by atoms with van der Waals surface area (Å²) in [6.07, 6.45) is -2.17. The summed E-state index contributed by atoms with van der Waals surface area (Å²) in [5, 5.41) is 22.7. The van der Waals surface area contributed by atoms with Crippen molar-refractivity contribution in [2.24, 2.45) is 10.7 Å². The maximum Gasteiger partial charge on any atom is 0.395 e. The molecule has 16 nitrogen and oxygen atoms in total. The van der Waals surface area contributed by atoms with Crippen LogP contribution >= 0.6 is 8.17 Å². The molecule has 52 heavy (non-hydrogen) atoms. The number of nitrogen functional groups attached to an aromatic ring is 1. The number of benzene rings is 2. The molecule has 6 atom stereocenters. The van der Waals surface area contributed by atoms with Crippen molar-refractivity contribution in [1.29, 1.82) is 0 Å². The molecule has 0 saturated carbocycles. The second kappa shape index (κ2) is 14.8. The van der Waals surface area contributed by atoms with Gasteiger partial charge >= 0.3 is 14.1 Å². The maximum absolute atomic E-state index is 14.0. The lowest BCUT2D eigenvalue weighted by molar-refractivity contribution is -0.170. The number of rotatable bonds is 12. The minimum absolute atomic E-state index is 0.0291. The maximum atomic E-state index is 14.0. The number of aliphatic hydroxyl groups is 2. The largest absolute Gasteiger partial charge is 0.575 e. The van der Waals surface area contributed by atoms with Crippen LogP contribution in [0.5, 0.6) is 17.5 Å². The Kier molecular flexibility index (Phi) is 10.5. The van der Waals surface area contributed by atoms with Crippen molar-refractivity contribution >= 4 is 42.2 Å². The van der Waals surface area contributed by atoms with Crippen LogP contribution in [-0.4, -0.2) is 78.3 Å². The molecule has 4 N–H and O–H groups in total. The molecule has 4 heterocycles. The average Bonchev–Trinajstić information content (AvgIpc) is 3.61. The van der Waals surface area contributed by atoms with Crippen molar-refractivity contribution in [2.75, 3.05) is 19.5 Å². The highest BCUT2D eigenvalue weighted by Gasteiger charge is 2.54. The minimum Gasteiger partial charge on any atom is -0.575 e. The number of aliphatic hydroxyl groups excluding tert-OH is 1. The van der Waals surface area contributed by atoms with Crippen LogP contribution in [0, 0.1) is 17.6 Å². The first-order valence-corrected chi connectivity index (χ1v) is 17.0. The Morgan fingerprint density at radius 2 is 1.98 bits per heavy atom. The van der Waals surface area contributed by atoms with E-state index in [4.69, 9.17) is 29.2 Å². The summed E-state index contributed by atoms with van der Waals surface area (Å²) in [6, 6.07) is 9.64. The van der Waals surface area contributed by atoms with Gasteiger partial charge in [0.1, 0.15) is 42.7 Å². The molecule has 2 unspecified atom stereocenters. The summed E-state index contributed by atoms with van der Waals surface area (Å²) in [5.41, 5.74) is 4.90. The fourth-order valence-electron chi connectivity index (χ4n) is 5.57. The van der Waals surface area contributed by atoms with Gasteiger partial charge in [-0.1, -0.05) is 24.7 Å². The quantitative estimate of drug-likeness (QED) is 0.123. The zero-order valence-electron chi connectivity index (χ0n) is 28.2. The number of esters is 1. The van der Waals surface area contributed by atoms with Crippen LogP contribution < -0.4 is 24.6 Å². The van der Waals surface area contributed by atoms with Crippen molar-refractivity contribution in [3.63, 3.8) is 0 Å². The number of carbonyl (C=O) groups excluding carboxylic acids is 1. The molecule has 1 saturated heterocycles. The van der Waals surface area contributed by atoms with Gasteiger partial charge in [0, 0.05) is 23.1 Å². The van der Waals surface area contributed by atoms with Gasteiger partial charge in [0.25, 0.3) is 0 Å². The van der Waals surface area contributed by atoms with Crippen LogP contribution in [-0.2, 0) is 20.9 Å². The Labute approximate surface area is 295 Å². The smallest absolute Gasteiger partial charge is 0.395 e. The van der Waals surface area contributed by atoms with E-state index in [0.29, 0.717) is 17.0 Å². The van der Waals surface area contributed by atoms with E-state index in [0.717, 1.165) is 12.1 Å². The number of pyridine rings is 1. The van der Waals surface area contributed by atoms with Crippen molar-refractivity contribution in [3.05, 3.63) is 72.1 Å². The number of fused-ring (bicyclic) bond motifs is 2. The Balaban J connectivity index is 1.12. The third-order valence-electron chi connectivity index (χ3n) is 8.32. The Morgan fingerprint density at radius 3 is 2.71 bits per heavy atom. The number of nitrogens with two attached hydrogens (primary N) is 1. The van der Waals surface area contributed by atoms with Crippen molar-refractivity contribution in [3.8, 4) is 17.5 Å². The summed E-state index contributed by atoms with van der Waals surface area (Å²) in [4.78, 5) is 42.7. The highest BCUT2D eigenvalue weighted by molar-refractivity contribution is 7.34. The van der Waals surface area contributed by atoms with Crippen LogP contribution in [0.1, 0.15) is 32.6 Å². The minimum atomic E-state index is -2.79. The molecule has 0 spiro atoms. The second-order valence-corrected chi connectivity index (χ2v) is 13.3. The molecule has 1 fully saturated rings. The van der Waals surface area contributed by atoms with Gasteiger partial charge in [-0.05, 0) is 43.2 Å². The second-order valence-electron chi connectivity index (χ2n) is 12.4. The van der Waals surface area contributed by atoms with E-state index < -0.39 is 68.4 Å². The first-order chi connectivity index (χ1) is 24.8. The van der Waals surface area contributed by atoms with Gasteiger partial charge in [0.2, 0.25) is 17.7 Å². The number of carbonyl (C=O) groups is 1. The molecule has 0 amide bonds. The van der Waals surface area contributed by atoms with Crippen LogP contribution in [0.25, 0.3) is 22.1 Å². The number of imidazole rings is 1. The first kappa shape index (κ1) is 36.7. The SMILES string of the molecule is COc1nc(N)nc2c1ncn2C1O[C@H](COc2ccc3c(O/[P+]([O-])=N/[C@H](C(=O)OCc4ccc(F)cc4F)C(C)C)cccc3n2)[C@@H](O)[C@@]1(C)O. The van der Waals surface area contributed by atoms with E-state index in [2.05, 4.69) is 24.7 Å².